The van der Waals surface area contributed by atoms with Crippen LogP contribution in [0.2, 0.25) is 0 Å². The van der Waals surface area contributed by atoms with E-state index in [-0.39, 0.29) is 5.71 Å². The van der Waals surface area contributed by atoms with Crippen LogP contribution in [0.5, 0.6) is 11.5 Å². The second-order valence-corrected chi connectivity index (χ2v) is 9.42. The highest BCUT2D eigenvalue weighted by atomic mass is 16.5. The summed E-state index contributed by atoms with van der Waals surface area (Å²) in [6.07, 6.45) is 0.793. The lowest BCUT2D eigenvalue weighted by molar-refractivity contribution is -0.118. The van der Waals surface area contributed by atoms with Crippen LogP contribution in [-0.4, -0.2) is 28.0 Å². The van der Waals surface area contributed by atoms with E-state index in [1.807, 2.05) is 49.4 Å². The van der Waals surface area contributed by atoms with E-state index in [9.17, 15) is 4.79 Å². The monoisotopic (exact) mass is 490 g/mol. The molecule has 3 N–H and O–H groups in total. The molecule has 0 saturated carbocycles. The Balaban J connectivity index is 1.34. The van der Waals surface area contributed by atoms with Crippen molar-refractivity contribution in [1.82, 2.24) is 9.88 Å². The zero-order valence-electron chi connectivity index (χ0n) is 20.9. The maximum atomic E-state index is 12.6. The minimum Gasteiger partial charge on any atom is -0.457 e. The van der Waals surface area contributed by atoms with Gasteiger partial charge in [0.25, 0.3) is 0 Å². The fourth-order valence-electron chi connectivity index (χ4n) is 4.84. The molecular weight excluding hydrogens is 460 g/mol. The number of nitrogens with one attached hydrogen (secondary N) is 1. The molecule has 4 aromatic rings. The van der Waals surface area contributed by atoms with E-state index in [0.717, 1.165) is 43.1 Å². The van der Waals surface area contributed by atoms with Gasteiger partial charge >= 0.3 is 0 Å². The number of para-hydroxylation sites is 1. The second-order valence-electron chi connectivity index (χ2n) is 9.42. The molecule has 1 amide bonds. The highest BCUT2D eigenvalue weighted by Gasteiger charge is 2.29. The first kappa shape index (κ1) is 24.4. The van der Waals surface area contributed by atoms with Gasteiger partial charge in [-0.1, -0.05) is 48.5 Å². The van der Waals surface area contributed by atoms with Crippen molar-refractivity contribution in [2.24, 2.45) is 5.73 Å². The third-order valence-electron chi connectivity index (χ3n) is 6.76. The molecule has 6 heteroatoms. The standard InChI is InChI=1S/C31H30N4O2/c1-21-18-28(34-27-16-17-35(20-26(21)27)19-22-8-4-2-5-9-22)29(31(33)36)30(32)23-12-14-25(15-13-23)37-24-10-6-3-7-11-24/h2-15,18,29,32H,16-17,19-20H2,1H3,(H2,33,36). The first-order valence-electron chi connectivity index (χ1n) is 12.4. The van der Waals surface area contributed by atoms with Crippen LogP contribution in [0.15, 0.2) is 91.0 Å². The van der Waals surface area contributed by atoms with E-state index in [1.165, 1.54) is 11.1 Å². The minimum absolute atomic E-state index is 0.132. The number of rotatable bonds is 8. The Bertz CT molecular complexity index is 1400. The van der Waals surface area contributed by atoms with Gasteiger partial charge in [0.1, 0.15) is 17.4 Å². The molecule has 6 nitrogen and oxygen atoms in total. The number of nitrogens with two attached hydrogens (primary N) is 1. The molecule has 1 aliphatic rings. The fourth-order valence-corrected chi connectivity index (χ4v) is 4.84. The van der Waals surface area contributed by atoms with Crippen LogP contribution < -0.4 is 10.5 Å². The predicted octanol–water partition coefficient (Wildman–Crippen LogP) is 5.38. The highest BCUT2D eigenvalue weighted by molar-refractivity contribution is 6.15. The van der Waals surface area contributed by atoms with Crippen molar-refractivity contribution < 1.29 is 9.53 Å². The number of carbonyl (C=O) groups excluding carboxylic acids is 1. The number of ether oxygens (including phenoxy) is 1. The number of benzene rings is 3. The molecule has 0 radical (unpaired) electrons. The number of nitrogens with zero attached hydrogens (tertiary/aromatic N) is 2. The summed E-state index contributed by atoms with van der Waals surface area (Å²) >= 11 is 0. The molecule has 1 aliphatic heterocycles. The van der Waals surface area contributed by atoms with Gasteiger partial charge in [-0.25, -0.2) is 0 Å². The first-order chi connectivity index (χ1) is 18.0. The summed E-state index contributed by atoms with van der Waals surface area (Å²) in [6.45, 7) is 4.64. The van der Waals surface area contributed by atoms with Crippen molar-refractivity contribution in [3.63, 3.8) is 0 Å². The number of hydrogen-bond acceptors (Lipinski definition) is 5. The van der Waals surface area contributed by atoms with Crippen molar-refractivity contribution in [3.8, 4) is 11.5 Å². The number of primary amides is 1. The number of aryl methyl sites for hydroxylation is 1. The van der Waals surface area contributed by atoms with Gasteiger partial charge in [-0.15, -0.1) is 0 Å². The lowest BCUT2D eigenvalue weighted by Gasteiger charge is -2.30. The normalized spacial score (nSPS) is 14.0. The number of amides is 1. The predicted molar refractivity (Wildman–Crippen MR) is 145 cm³/mol. The molecular formula is C31H30N4O2. The molecule has 2 heterocycles. The van der Waals surface area contributed by atoms with E-state index in [1.54, 1.807) is 24.3 Å². The highest BCUT2D eigenvalue weighted by Crippen LogP contribution is 2.28. The summed E-state index contributed by atoms with van der Waals surface area (Å²) in [5.74, 6) is -0.118. The summed E-state index contributed by atoms with van der Waals surface area (Å²) in [7, 11) is 0. The smallest absolute Gasteiger partial charge is 0.232 e. The molecule has 0 saturated heterocycles. The number of fused-ring (bicyclic) bond motifs is 1. The van der Waals surface area contributed by atoms with E-state index in [2.05, 4.69) is 29.2 Å². The first-order valence-corrected chi connectivity index (χ1v) is 12.4. The van der Waals surface area contributed by atoms with Crippen molar-refractivity contribution in [3.05, 3.63) is 125 Å². The molecule has 0 bridgehead atoms. The van der Waals surface area contributed by atoms with Crippen molar-refractivity contribution in [2.75, 3.05) is 6.54 Å². The Morgan fingerprint density at radius 3 is 2.32 bits per heavy atom. The lowest BCUT2D eigenvalue weighted by atomic mass is 9.90. The van der Waals surface area contributed by atoms with Crippen LogP contribution >= 0.6 is 0 Å². The Morgan fingerprint density at radius 2 is 1.65 bits per heavy atom. The van der Waals surface area contributed by atoms with Crippen molar-refractivity contribution in [2.45, 2.75) is 32.4 Å². The van der Waals surface area contributed by atoms with E-state index >= 15 is 0 Å². The molecule has 186 valence electrons. The Hall–Kier alpha value is -4.29. The van der Waals surface area contributed by atoms with Gasteiger partial charge in [0.05, 0.1) is 11.4 Å². The third-order valence-corrected chi connectivity index (χ3v) is 6.76. The largest absolute Gasteiger partial charge is 0.457 e. The Morgan fingerprint density at radius 1 is 1.00 bits per heavy atom. The van der Waals surface area contributed by atoms with Crippen LogP contribution in [0, 0.1) is 12.3 Å². The van der Waals surface area contributed by atoms with Crippen LogP contribution in [0.1, 0.15) is 39.6 Å². The molecule has 0 aliphatic carbocycles. The molecule has 1 atom stereocenters. The summed E-state index contributed by atoms with van der Waals surface area (Å²) in [4.78, 5) is 19.8. The summed E-state index contributed by atoms with van der Waals surface area (Å²) in [5.41, 5.74) is 11.6. The summed E-state index contributed by atoms with van der Waals surface area (Å²) in [6, 6.07) is 29.0. The van der Waals surface area contributed by atoms with Gasteiger partial charge in [0.15, 0.2) is 0 Å². The van der Waals surface area contributed by atoms with Crippen LogP contribution in [0.4, 0.5) is 0 Å². The summed E-state index contributed by atoms with van der Waals surface area (Å²) in [5, 5.41) is 8.82. The fraction of sp³-hybridized carbons (Fsp3) is 0.194. The topological polar surface area (TPSA) is 92.3 Å². The second kappa shape index (κ2) is 10.8. The van der Waals surface area contributed by atoms with Crippen molar-refractivity contribution >= 4 is 11.6 Å². The Kier molecular flexibility index (Phi) is 7.10. The maximum Gasteiger partial charge on any atom is 0.232 e. The van der Waals surface area contributed by atoms with Crippen molar-refractivity contribution in [1.29, 1.82) is 5.41 Å². The van der Waals surface area contributed by atoms with Gasteiger partial charge in [-0.05, 0) is 71.6 Å². The molecule has 1 unspecified atom stereocenters. The quantitative estimate of drug-likeness (QED) is 0.325. The number of hydrogen-bond donors (Lipinski definition) is 2. The molecule has 5 rings (SSSR count). The van der Waals surface area contributed by atoms with Gasteiger partial charge in [-0.3, -0.25) is 14.7 Å². The van der Waals surface area contributed by atoms with E-state index < -0.39 is 11.8 Å². The SMILES string of the molecule is Cc1cc(C(C(=N)c2ccc(Oc3ccccc3)cc2)C(N)=O)nc2c1CN(Cc1ccccc1)CC2. The average Bonchev–Trinajstić information content (AvgIpc) is 2.90. The van der Waals surface area contributed by atoms with Crippen LogP contribution in [0.3, 0.4) is 0 Å². The van der Waals surface area contributed by atoms with Gasteiger partial charge in [0, 0.05) is 31.7 Å². The molecule has 1 aromatic heterocycles. The summed E-state index contributed by atoms with van der Waals surface area (Å²) < 4.78 is 5.85. The van der Waals surface area contributed by atoms with E-state index in [4.69, 9.17) is 20.9 Å². The van der Waals surface area contributed by atoms with Gasteiger partial charge in [0.2, 0.25) is 5.91 Å². The minimum atomic E-state index is -0.924. The van der Waals surface area contributed by atoms with Gasteiger partial charge in [-0.2, -0.15) is 0 Å². The zero-order chi connectivity index (χ0) is 25.8. The average molecular weight is 491 g/mol. The third kappa shape index (κ3) is 5.60. The molecule has 0 fully saturated rings. The number of pyridine rings is 1. The lowest BCUT2D eigenvalue weighted by Crippen LogP contribution is -2.33. The van der Waals surface area contributed by atoms with E-state index in [0.29, 0.717) is 17.0 Å². The molecule has 0 spiro atoms. The zero-order valence-corrected chi connectivity index (χ0v) is 20.9. The number of carbonyl (C=O) groups is 1. The Labute approximate surface area is 217 Å². The van der Waals surface area contributed by atoms with Gasteiger partial charge < -0.3 is 15.9 Å². The van der Waals surface area contributed by atoms with Crippen LogP contribution in [0.25, 0.3) is 0 Å². The molecule has 3 aromatic carbocycles. The van der Waals surface area contributed by atoms with Crippen LogP contribution in [-0.2, 0) is 24.3 Å². The maximum absolute atomic E-state index is 12.6. The number of aromatic nitrogens is 1. The molecule has 37 heavy (non-hydrogen) atoms.